The molecule has 2 rings (SSSR count). The third kappa shape index (κ3) is 3.13. The number of nitrogens with two attached hydrogens (primary N) is 1. The number of halogens is 3. The molecule has 0 aliphatic carbocycles. The molecular weight excluding hydrogens is 276 g/mol. The maximum absolute atomic E-state index is 13.7. The van der Waals surface area contributed by atoms with Crippen LogP contribution >= 0.6 is 23.2 Å². The molecule has 0 spiro atoms. The molecular formula is C13H10Cl2FNO. The quantitative estimate of drug-likeness (QED) is 0.908. The molecule has 2 aromatic carbocycles. The van der Waals surface area contributed by atoms with Crippen molar-refractivity contribution in [2.24, 2.45) is 5.73 Å². The lowest BCUT2D eigenvalue weighted by atomic mass is 10.2. The van der Waals surface area contributed by atoms with Gasteiger partial charge in [-0.25, -0.2) is 4.39 Å². The SMILES string of the molecule is NCc1ccc(Oc2cc(Cl)cc(Cl)c2)c(F)c1. The van der Waals surface area contributed by atoms with Crippen LogP contribution in [0.5, 0.6) is 11.5 Å². The Bertz CT molecular complexity index is 555. The third-order valence-electron chi connectivity index (χ3n) is 2.30. The smallest absolute Gasteiger partial charge is 0.166 e. The monoisotopic (exact) mass is 285 g/mol. The molecule has 2 aromatic rings. The van der Waals surface area contributed by atoms with Gasteiger partial charge >= 0.3 is 0 Å². The molecule has 0 amide bonds. The minimum Gasteiger partial charge on any atom is -0.454 e. The second-order valence-corrected chi connectivity index (χ2v) is 4.55. The van der Waals surface area contributed by atoms with Gasteiger partial charge in [0.05, 0.1) is 0 Å². The van der Waals surface area contributed by atoms with E-state index in [2.05, 4.69) is 0 Å². The van der Waals surface area contributed by atoms with Crippen LogP contribution in [0, 0.1) is 5.82 Å². The Morgan fingerprint density at radius 3 is 2.28 bits per heavy atom. The third-order valence-corrected chi connectivity index (χ3v) is 2.73. The van der Waals surface area contributed by atoms with E-state index in [-0.39, 0.29) is 12.3 Å². The van der Waals surface area contributed by atoms with E-state index >= 15 is 0 Å². The van der Waals surface area contributed by atoms with Crippen LogP contribution in [0.3, 0.4) is 0 Å². The first-order chi connectivity index (χ1) is 8.58. The summed E-state index contributed by atoms with van der Waals surface area (Å²) < 4.78 is 19.1. The summed E-state index contributed by atoms with van der Waals surface area (Å²) in [5, 5.41) is 0.855. The van der Waals surface area contributed by atoms with E-state index in [1.807, 2.05) is 0 Å². The van der Waals surface area contributed by atoms with Crippen molar-refractivity contribution >= 4 is 23.2 Å². The number of hydrogen-bond acceptors (Lipinski definition) is 2. The topological polar surface area (TPSA) is 35.2 Å². The Balaban J connectivity index is 2.28. The largest absolute Gasteiger partial charge is 0.454 e. The van der Waals surface area contributed by atoms with Crippen molar-refractivity contribution < 1.29 is 9.13 Å². The van der Waals surface area contributed by atoms with E-state index < -0.39 is 5.82 Å². The summed E-state index contributed by atoms with van der Waals surface area (Å²) in [5.41, 5.74) is 6.12. The van der Waals surface area contributed by atoms with E-state index in [0.29, 0.717) is 21.4 Å². The number of hydrogen-bond donors (Lipinski definition) is 1. The summed E-state index contributed by atoms with van der Waals surface area (Å²) in [4.78, 5) is 0. The Labute approximate surface area is 114 Å². The fraction of sp³-hybridized carbons (Fsp3) is 0.0769. The average Bonchev–Trinajstić information content (AvgIpc) is 2.30. The first-order valence-electron chi connectivity index (χ1n) is 5.21. The highest BCUT2D eigenvalue weighted by atomic mass is 35.5. The van der Waals surface area contributed by atoms with Crippen LogP contribution < -0.4 is 10.5 Å². The number of ether oxygens (including phenoxy) is 1. The highest BCUT2D eigenvalue weighted by Crippen LogP contribution is 2.29. The Hall–Kier alpha value is -1.29. The van der Waals surface area contributed by atoms with E-state index in [4.69, 9.17) is 33.7 Å². The zero-order valence-corrected chi connectivity index (χ0v) is 10.8. The van der Waals surface area contributed by atoms with E-state index in [1.54, 1.807) is 24.3 Å². The summed E-state index contributed by atoms with van der Waals surface area (Å²) in [6.07, 6.45) is 0. The van der Waals surface area contributed by atoms with Crippen LogP contribution in [0.4, 0.5) is 4.39 Å². The number of benzene rings is 2. The van der Waals surface area contributed by atoms with E-state index in [9.17, 15) is 4.39 Å². The molecule has 0 aromatic heterocycles. The van der Waals surface area contributed by atoms with Gasteiger partial charge < -0.3 is 10.5 Å². The van der Waals surface area contributed by atoms with Gasteiger partial charge in [0, 0.05) is 16.6 Å². The second kappa shape index (κ2) is 5.57. The highest BCUT2D eigenvalue weighted by Gasteiger charge is 2.07. The molecule has 0 fully saturated rings. The van der Waals surface area contributed by atoms with Crippen molar-refractivity contribution in [1.82, 2.24) is 0 Å². The Morgan fingerprint density at radius 1 is 1.06 bits per heavy atom. The van der Waals surface area contributed by atoms with Gasteiger partial charge in [-0.15, -0.1) is 0 Å². The molecule has 0 atom stereocenters. The fourth-order valence-corrected chi connectivity index (χ4v) is 1.97. The van der Waals surface area contributed by atoms with Gasteiger partial charge in [-0.05, 0) is 35.9 Å². The van der Waals surface area contributed by atoms with Crippen molar-refractivity contribution in [1.29, 1.82) is 0 Å². The van der Waals surface area contributed by atoms with Crippen LogP contribution in [0.2, 0.25) is 10.0 Å². The van der Waals surface area contributed by atoms with Crippen molar-refractivity contribution in [3.05, 3.63) is 57.8 Å². The van der Waals surface area contributed by atoms with Crippen LogP contribution in [0.25, 0.3) is 0 Å². The molecule has 2 nitrogen and oxygen atoms in total. The van der Waals surface area contributed by atoms with Gasteiger partial charge in [0.25, 0.3) is 0 Å². The molecule has 0 saturated heterocycles. The average molecular weight is 286 g/mol. The van der Waals surface area contributed by atoms with Gasteiger partial charge in [-0.2, -0.15) is 0 Å². The lowest BCUT2D eigenvalue weighted by Crippen LogP contribution is -1.97. The Kier molecular flexibility index (Phi) is 4.07. The second-order valence-electron chi connectivity index (χ2n) is 3.68. The van der Waals surface area contributed by atoms with Crippen molar-refractivity contribution in [3.63, 3.8) is 0 Å². The van der Waals surface area contributed by atoms with Gasteiger partial charge in [0.2, 0.25) is 0 Å². The fourth-order valence-electron chi connectivity index (χ4n) is 1.47. The maximum atomic E-state index is 13.7. The van der Waals surface area contributed by atoms with Crippen molar-refractivity contribution in [3.8, 4) is 11.5 Å². The molecule has 0 saturated carbocycles. The normalized spacial score (nSPS) is 10.4. The highest BCUT2D eigenvalue weighted by molar-refractivity contribution is 6.34. The van der Waals surface area contributed by atoms with Gasteiger partial charge in [-0.3, -0.25) is 0 Å². The molecule has 0 radical (unpaired) electrons. The first kappa shape index (κ1) is 13.1. The standard InChI is InChI=1S/C13H10Cl2FNO/c14-9-4-10(15)6-11(5-9)18-13-2-1-8(7-17)3-12(13)16/h1-6H,7,17H2. The van der Waals surface area contributed by atoms with E-state index in [1.165, 1.54) is 12.1 Å². The predicted molar refractivity (Wildman–Crippen MR) is 70.8 cm³/mol. The maximum Gasteiger partial charge on any atom is 0.166 e. The molecule has 0 heterocycles. The predicted octanol–water partition coefficient (Wildman–Crippen LogP) is 4.38. The van der Waals surface area contributed by atoms with Crippen LogP contribution in [0.15, 0.2) is 36.4 Å². The summed E-state index contributed by atoms with van der Waals surface area (Å²) in [5.74, 6) is 0.00600. The first-order valence-corrected chi connectivity index (χ1v) is 5.96. The summed E-state index contributed by atoms with van der Waals surface area (Å²) in [7, 11) is 0. The van der Waals surface area contributed by atoms with Crippen LogP contribution in [-0.2, 0) is 6.54 Å². The van der Waals surface area contributed by atoms with Gasteiger partial charge in [0.15, 0.2) is 11.6 Å². The molecule has 18 heavy (non-hydrogen) atoms. The molecule has 94 valence electrons. The molecule has 0 aliphatic rings. The molecule has 0 aliphatic heterocycles. The zero-order valence-electron chi connectivity index (χ0n) is 9.29. The molecule has 0 unspecified atom stereocenters. The minimum absolute atomic E-state index is 0.102. The summed E-state index contributed by atoms with van der Waals surface area (Å²) in [6, 6.07) is 9.25. The summed E-state index contributed by atoms with van der Waals surface area (Å²) >= 11 is 11.7. The summed E-state index contributed by atoms with van der Waals surface area (Å²) in [6.45, 7) is 0.278. The van der Waals surface area contributed by atoms with Crippen LogP contribution in [0.1, 0.15) is 5.56 Å². The molecule has 0 bridgehead atoms. The lowest BCUT2D eigenvalue weighted by Gasteiger charge is -2.08. The molecule has 5 heteroatoms. The molecule has 2 N–H and O–H groups in total. The van der Waals surface area contributed by atoms with Crippen LogP contribution in [-0.4, -0.2) is 0 Å². The van der Waals surface area contributed by atoms with Crippen molar-refractivity contribution in [2.45, 2.75) is 6.54 Å². The minimum atomic E-state index is -0.478. The van der Waals surface area contributed by atoms with Crippen molar-refractivity contribution in [2.75, 3.05) is 0 Å². The van der Waals surface area contributed by atoms with Gasteiger partial charge in [-0.1, -0.05) is 29.3 Å². The van der Waals surface area contributed by atoms with E-state index in [0.717, 1.165) is 0 Å². The Morgan fingerprint density at radius 2 is 1.72 bits per heavy atom. The number of rotatable bonds is 3. The lowest BCUT2D eigenvalue weighted by molar-refractivity contribution is 0.442. The zero-order chi connectivity index (χ0) is 13.1. The van der Waals surface area contributed by atoms with Gasteiger partial charge in [0.1, 0.15) is 5.75 Å².